The number of carbonyl (C=O) groups is 1. The zero-order valence-electron chi connectivity index (χ0n) is 11.1. The van der Waals surface area contributed by atoms with Gasteiger partial charge in [-0.3, -0.25) is 4.79 Å². The van der Waals surface area contributed by atoms with E-state index in [1.165, 1.54) is 36.2 Å². The van der Waals surface area contributed by atoms with Gasteiger partial charge < -0.3 is 4.90 Å². The number of amides is 1. The van der Waals surface area contributed by atoms with Gasteiger partial charge in [-0.25, -0.2) is 22.0 Å². The van der Waals surface area contributed by atoms with E-state index in [4.69, 9.17) is 5.14 Å². The molecule has 20 heavy (non-hydrogen) atoms. The summed E-state index contributed by atoms with van der Waals surface area (Å²) in [7, 11) is -5.48. The molecule has 1 aromatic carbocycles. The number of benzene rings is 1. The van der Waals surface area contributed by atoms with E-state index in [2.05, 4.69) is 0 Å². The number of primary sulfonamides is 1. The molecule has 0 radical (unpaired) electrons. The molecule has 2 N–H and O–H groups in total. The molecule has 0 atom stereocenters. The third-order valence-corrected chi connectivity index (χ3v) is 4.43. The van der Waals surface area contributed by atoms with Crippen LogP contribution in [-0.4, -0.2) is 53.2 Å². The van der Waals surface area contributed by atoms with Crippen LogP contribution < -0.4 is 5.14 Å². The Kier molecular flexibility index (Phi) is 4.90. The molecule has 0 fully saturated rings. The van der Waals surface area contributed by atoms with Crippen LogP contribution >= 0.6 is 0 Å². The quantitative estimate of drug-likeness (QED) is 0.782. The summed E-state index contributed by atoms with van der Waals surface area (Å²) in [6, 6.07) is 5.12. The molecule has 0 bridgehead atoms. The monoisotopic (exact) mass is 320 g/mol. The van der Waals surface area contributed by atoms with Crippen molar-refractivity contribution in [1.29, 1.82) is 0 Å². The van der Waals surface area contributed by atoms with Crippen LogP contribution in [-0.2, 0) is 19.9 Å². The summed E-state index contributed by atoms with van der Waals surface area (Å²) in [5.74, 6) is -0.528. The Balaban J connectivity index is 2.83. The van der Waals surface area contributed by atoms with Crippen molar-refractivity contribution >= 4 is 25.8 Å². The van der Waals surface area contributed by atoms with Crippen LogP contribution in [0.5, 0.6) is 0 Å². The Hall–Kier alpha value is -1.45. The maximum Gasteiger partial charge on any atom is 0.253 e. The molecule has 0 heterocycles. The Bertz CT molecular complexity index is 693. The highest BCUT2D eigenvalue weighted by atomic mass is 32.2. The van der Waals surface area contributed by atoms with Crippen LogP contribution in [0.25, 0.3) is 0 Å². The Morgan fingerprint density at radius 2 is 1.65 bits per heavy atom. The topological polar surface area (TPSA) is 115 Å². The first-order chi connectivity index (χ1) is 9.00. The Morgan fingerprint density at radius 1 is 1.15 bits per heavy atom. The number of rotatable bonds is 5. The van der Waals surface area contributed by atoms with Gasteiger partial charge in [-0.05, 0) is 24.3 Å². The predicted octanol–water partition coefficient (Wildman–Crippen LogP) is -0.549. The molecule has 1 rings (SSSR count). The zero-order valence-corrected chi connectivity index (χ0v) is 12.7. The normalized spacial score (nSPS) is 12.2. The molecule has 9 heteroatoms. The molecule has 0 aliphatic rings. The van der Waals surface area contributed by atoms with Gasteiger partial charge in [0, 0.05) is 25.4 Å². The number of nitrogens with two attached hydrogens (primary N) is 1. The molecule has 0 saturated carbocycles. The van der Waals surface area contributed by atoms with Crippen molar-refractivity contribution in [2.75, 3.05) is 25.6 Å². The van der Waals surface area contributed by atoms with Gasteiger partial charge in [0.1, 0.15) is 9.84 Å². The first-order valence-electron chi connectivity index (χ1n) is 5.57. The number of sulfone groups is 1. The van der Waals surface area contributed by atoms with Crippen LogP contribution in [0.4, 0.5) is 0 Å². The summed E-state index contributed by atoms with van der Waals surface area (Å²) in [5, 5.41) is 4.95. The molecule has 0 aromatic heterocycles. The highest BCUT2D eigenvalue weighted by Crippen LogP contribution is 2.10. The van der Waals surface area contributed by atoms with Crippen LogP contribution in [0.2, 0.25) is 0 Å². The van der Waals surface area contributed by atoms with Crippen molar-refractivity contribution in [1.82, 2.24) is 4.90 Å². The maximum absolute atomic E-state index is 12.0. The largest absolute Gasteiger partial charge is 0.341 e. The third-order valence-electron chi connectivity index (χ3n) is 2.57. The standard InChI is InChI=1S/C11H16N2O5S2/c1-13(7-8-19(2,15)16)11(14)9-3-5-10(6-4-9)20(12,17)18/h3-6H,7-8H2,1-2H3,(H2,12,17,18). The molecule has 7 nitrogen and oxygen atoms in total. The number of carbonyl (C=O) groups excluding carboxylic acids is 1. The molecule has 0 aliphatic carbocycles. The van der Waals surface area contributed by atoms with Crippen molar-refractivity contribution in [3.63, 3.8) is 0 Å². The van der Waals surface area contributed by atoms with E-state index in [1.54, 1.807) is 0 Å². The minimum absolute atomic E-state index is 0.0641. The van der Waals surface area contributed by atoms with Crippen molar-refractivity contribution in [3.8, 4) is 0 Å². The fraction of sp³-hybridized carbons (Fsp3) is 0.364. The Labute approximate surface area is 118 Å². The van der Waals surface area contributed by atoms with E-state index in [-0.39, 0.29) is 22.8 Å². The fourth-order valence-corrected chi connectivity index (χ4v) is 2.53. The molecular weight excluding hydrogens is 304 g/mol. The zero-order chi connectivity index (χ0) is 15.6. The average Bonchev–Trinajstić information content (AvgIpc) is 2.33. The summed E-state index contributed by atoms with van der Waals surface area (Å²) >= 11 is 0. The second-order valence-electron chi connectivity index (χ2n) is 4.43. The van der Waals surface area contributed by atoms with Gasteiger partial charge in [0.25, 0.3) is 5.91 Å². The summed E-state index contributed by atoms with van der Waals surface area (Å²) < 4.78 is 44.2. The minimum Gasteiger partial charge on any atom is -0.341 e. The lowest BCUT2D eigenvalue weighted by atomic mass is 10.2. The van der Waals surface area contributed by atoms with E-state index in [0.717, 1.165) is 6.26 Å². The molecule has 0 spiro atoms. The van der Waals surface area contributed by atoms with E-state index in [1.807, 2.05) is 0 Å². The number of nitrogens with zero attached hydrogens (tertiary/aromatic N) is 1. The number of hydrogen-bond acceptors (Lipinski definition) is 5. The average molecular weight is 320 g/mol. The number of hydrogen-bond donors (Lipinski definition) is 1. The summed E-state index contributed by atoms with van der Waals surface area (Å²) in [6.07, 6.45) is 1.09. The molecule has 0 aliphatic heterocycles. The lowest BCUT2D eigenvalue weighted by molar-refractivity contribution is 0.0803. The summed E-state index contributed by atoms with van der Waals surface area (Å²) in [6.45, 7) is 0.0641. The second-order valence-corrected chi connectivity index (χ2v) is 8.25. The molecule has 0 unspecified atom stereocenters. The SMILES string of the molecule is CN(CCS(C)(=O)=O)C(=O)c1ccc(S(N)(=O)=O)cc1. The smallest absolute Gasteiger partial charge is 0.253 e. The molecule has 1 aromatic rings. The lowest BCUT2D eigenvalue weighted by Gasteiger charge is -2.16. The fourth-order valence-electron chi connectivity index (χ4n) is 1.41. The van der Waals surface area contributed by atoms with Gasteiger partial charge in [-0.2, -0.15) is 0 Å². The first kappa shape index (κ1) is 16.6. The highest BCUT2D eigenvalue weighted by molar-refractivity contribution is 7.90. The van der Waals surface area contributed by atoms with Gasteiger partial charge in [-0.15, -0.1) is 0 Å². The summed E-state index contributed by atoms with van der Waals surface area (Å²) in [5.41, 5.74) is 0.258. The van der Waals surface area contributed by atoms with E-state index < -0.39 is 25.8 Å². The number of sulfonamides is 1. The van der Waals surface area contributed by atoms with E-state index in [9.17, 15) is 21.6 Å². The van der Waals surface area contributed by atoms with Gasteiger partial charge in [-0.1, -0.05) is 0 Å². The maximum atomic E-state index is 12.0. The van der Waals surface area contributed by atoms with Crippen molar-refractivity contribution in [2.24, 2.45) is 5.14 Å². The van der Waals surface area contributed by atoms with Crippen molar-refractivity contribution < 1.29 is 21.6 Å². The lowest BCUT2D eigenvalue weighted by Crippen LogP contribution is -2.31. The Morgan fingerprint density at radius 3 is 2.05 bits per heavy atom. The highest BCUT2D eigenvalue weighted by Gasteiger charge is 2.15. The predicted molar refractivity (Wildman–Crippen MR) is 74.5 cm³/mol. The van der Waals surface area contributed by atoms with Crippen LogP contribution in [0.15, 0.2) is 29.2 Å². The first-order valence-corrected chi connectivity index (χ1v) is 9.17. The van der Waals surface area contributed by atoms with Gasteiger partial charge in [0.05, 0.1) is 10.6 Å². The molecule has 112 valence electrons. The van der Waals surface area contributed by atoms with Crippen LogP contribution in [0.3, 0.4) is 0 Å². The van der Waals surface area contributed by atoms with Gasteiger partial charge >= 0.3 is 0 Å². The third kappa shape index (κ3) is 4.91. The van der Waals surface area contributed by atoms with Crippen LogP contribution in [0, 0.1) is 0 Å². The van der Waals surface area contributed by atoms with E-state index >= 15 is 0 Å². The van der Waals surface area contributed by atoms with Crippen molar-refractivity contribution in [3.05, 3.63) is 29.8 Å². The molecule has 1 amide bonds. The minimum atomic E-state index is -3.80. The van der Waals surface area contributed by atoms with Crippen LogP contribution in [0.1, 0.15) is 10.4 Å². The second kappa shape index (κ2) is 5.90. The summed E-state index contributed by atoms with van der Waals surface area (Å²) in [4.78, 5) is 13.1. The molecular formula is C11H16N2O5S2. The molecule has 0 saturated heterocycles. The van der Waals surface area contributed by atoms with E-state index in [0.29, 0.717) is 0 Å². The van der Waals surface area contributed by atoms with Gasteiger partial charge in [0.15, 0.2) is 0 Å². The van der Waals surface area contributed by atoms with Crippen molar-refractivity contribution in [2.45, 2.75) is 4.90 Å². The van der Waals surface area contributed by atoms with Gasteiger partial charge in [0.2, 0.25) is 10.0 Å².